The molecule has 0 fully saturated rings. The predicted molar refractivity (Wildman–Crippen MR) is 94.9 cm³/mol. The SMILES string of the molecule is COC(=O)c1cc(NS(=O)(=O)c2ccc(C(N)=O)c(N)c2)cc(C(=O)O)c1. The van der Waals surface area contributed by atoms with E-state index in [1.165, 1.54) is 0 Å². The van der Waals surface area contributed by atoms with Crippen LogP contribution in [0.3, 0.4) is 0 Å². The van der Waals surface area contributed by atoms with Gasteiger partial charge in [-0.15, -0.1) is 0 Å². The van der Waals surface area contributed by atoms with Gasteiger partial charge in [0.25, 0.3) is 15.9 Å². The molecule has 0 atom stereocenters. The van der Waals surface area contributed by atoms with Crippen molar-refractivity contribution >= 4 is 39.2 Å². The van der Waals surface area contributed by atoms with Crippen LogP contribution in [0.15, 0.2) is 41.3 Å². The molecule has 11 heteroatoms. The van der Waals surface area contributed by atoms with E-state index in [0.717, 1.165) is 43.5 Å². The highest BCUT2D eigenvalue weighted by molar-refractivity contribution is 7.92. The highest BCUT2D eigenvalue weighted by Gasteiger charge is 2.19. The first-order valence-electron chi connectivity index (χ1n) is 7.24. The standard InChI is InChI=1S/C16H15N3O7S/c1-26-16(23)9-4-8(15(21)22)5-10(6-9)19-27(24,25)11-2-3-12(14(18)20)13(17)7-11/h2-7,19H,17H2,1H3,(H2,18,20)(H,21,22). The van der Waals surface area contributed by atoms with Gasteiger partial charge in [-0.25, -0.2) is 18.0 Å². The van der Waals surface area contributed by atoms with E-state index in [1.54, 1.807) is 0 Å². The van der Waals surface area contributed by atoms with Gasteiger partial charge in [-0.3, -0.25) is 9.52 Å². The van der Waals surface area contributed by atoms with Crippen LogP contribution in [0.2, 0.25) is 0 Å². The molecule has 0 radical (unpaired) electrons. The number of carbonyl (C=O) groups excluding carboxylic acids is 2. The second-order valence-electron chi connectivity index (χ2n) is 5.31. The summed E-state index contributed by atoms with van der Waals surface area (Å²) in [5, 5.41) is 9.13. The van der Waals surface area contributed by atoms with Crippen LogP contribution < -0.4 is 16.2 Å². The molecule has 1 amide bonds. The number of nitrogens with one attached hydrogen (secondary N) is 1. The maximum atomic E-state index is 12.5. The van der Waals surface area contributed by atoms with Crippen LogP contribution in [0.4, 0.5) is 11.4 Å². The Morgan fingerprint density at radius 2 is 1.70 bits per heavy atom. The Balaban J connectivity index is 2.47. The Morgan fingerprint density at radius 1 is 1.07 bits per heavy atom. The van der Waals surface area contributed by atoms with Gasteiger partial charge in [0.2, 0.25) is 0 Å². The Labute approximate surface area is 153 Å². The fourth-order valence-electron chi connectivity index (χ4n) is 2.19. The molecule has 0 unspecified atom stereocenters. The molecule has 2 rings (SSSR count). The number of carboxylic acid groups (broad SMARTS) is 1. The lowest BCUT2D eigenvalue weighted by molar-refractivity contribution is 0.0600. The number of carbonyl (C=O) groups is 3. The van der Waals surface area contributed by atoms with Gasteiger partial charge in [-0.05, 0) is 36.4 Å². The maximum Gasteiger partial charge on any atom is 0.337 e. The minimum Gasteiger partial charge on any atom is -0.478 e. The fraction of sp³-hybridized carbons (Fsp3) is 0.0625. The van der Waals surface area contributed by atoms with Crippen molar-refractivity contribution in [3.8, 4) is 0 Å². The third kappa shape index (κ3) is 4.33. The van der Waals surface area contributed by atoms with Crippen LogP contribution >= 0.6 is 0 Å². The molecule has 0 aliphatic heterocycles. The summed E-state index contributed by atoms with van der Waals surface area (Å²) in [5.41, 5.74) is 9.91. The van der Waals surface area contributed by atoms with E-state index in [4.69, 9.17) is 16.6 Å². The van der Waals surface area contributed by atoms with Gasteiger partial charge < -0.3 is 21.3 Å². The molecule has 142 valence electrons. The average molecular weight is 393 g/mol. The van der Waals surface area contributed by atoms with E-state index in [0.29, 0.717) is 0 Å². The largest absolute Gasteiger partial charge is 0.478 e. The normalized spacial score (nSPS) is 10.9. The van der Waals surface area contributed by atoms with Crippen molar-refractivity contribution in [2.24, 2.45) is 5.73 Å². The molecule has 0 spiro atoms. The second-order valence-corrected chi connectivity index (χ2v) is 7.00. The van der Waals surface area contributed by atoms with Crippen molar-refractivity contribution in [3.63, 3.8) is 0 Å². The summed E-state index contributed by atoms with van der Waals surface area (Å²) in [6.07, 6.45) is 0. The topological polar surface area (TPSA) is 179 Å². The lowest BCUT2D eigenvalue weighted by atomic mass is 10.1. The van der Waals surface area contributed by atoms with Crippen LogP contribution in [-0.2, 0) is 14.8 Å². The summed E-state index contributed by atoms with van der Waals surface area (Å²) in [6.45, 7) is 0. The maximum absolute atomic E-state index is 12.5. The lowest BCUT2D eigenvalue weighted by Gasteiger charge is -2.11. The number of benzene rings is 2. The summed E-state index contributed by atoms with van der Waals surface area (Å²) >= 11 is 0. The van der Waals surface area contributed by atoms with E-state index in [2.05, 4.69) is 9.46 Å². The molecule has 2 aromatic rings. The minimum atomic E-state index is -4.20. The number of sulfonamides is 1. The first kappa shape index (κ1) is 19.7. The van der Waals surface area contributed by atoms with Crippen LogP contribution in [-0.4, -0.2) is 38.5 Å². The fourth-order valence-corrected chi connectivity index (χ4v) is 3.27. The second kappa shape index (κ2) is 7.33. The van der Waals surface area contributed by atoms with Crippen molar-refractivity contribution in [2.75, 3.05) is 17.6 Å². The first-order valence-corrected chi connectivity index (χ1v) is 8.72. The molecule has 27 heavy (non-hydrogen) atoms. The minimum absolute atomic E-state index is 0.0465. The van der Waals surface area contributed by atoms with Crippen LogP contribution in [0, 0.1) is 0 Å². The summed E-state index contributed by atoms with van der Waals surface area (Å²) in [7, 11) is -3.10. The predicted octanol–water partition coefficient (Wildman–Crippen LogP) is 0.653. The van der Waals surface area contributed by atoms with Gasteiger partial charge in [0.15, 0.2) is 0 Å². The molecule has 0 aliphatic rings. The summed E-state index contributed by atoms with van der Waals surface area (Å²) in [6, 6.07) is 6.50. The van der Waals surface area contributed by atoms with Gasteiger partial charge >= 0.3 is 11.9 Å². The van der Waals surface area contributed by atoms with Crippen LogP contribution in [0.1, 0.15) is 31.1 Å². The van der Waals surface area contributed by atoms with Crippen molar-refractivity contribution in [1.82, 2.24) is 0 Å². The zero-order chi connectivity index (χ0) is 20.4. The lowest BCUT2D eigenvalue weighted by Crippen LogP contribution is -2.17. The van der Waals surface area contributed by atoms with Crippen LogP contribution in [0.5, 0.6) is 0 Å². The highest BCUT2D eigenvalue weighted by atomic mass is 32.2. The van der Waals surface area contributed by atoms with Crippen LogP contribution in [0.25, 0.3) is 0 Å². The quantitative estimate of drug-likeness (QED) is 0.408. The molecule has 0 saturated heterocycles. The molecule has 0 saturated carbocycles. The Kier molecular flexibility index (Phi) is 5.36. The number of esters is 1. The smallest absolute Gasteiger partial charge is 0.337 e. The summed E-state index contributed by atoms with van der Waals surface area (Å²) < 4.78 is 31.7. The number of amides is 1. The molecule has 0 aromatic heterocycles. The third-order valence-electron chi connectivity index (χ3n) is 3.45. The Morgan fingerprint density at radius 3 is 2.22 bits per heavy atom. The van der Waals surface area contributed by atoms with E-state index < -0.39 is 27.9 Å². The van der Waals surface area contributed by atoms with E-state index in [-0.39, 0.29) is 33.0 Å². The number of hydrogen-bond donors (Lipinski definition) is 4. The first-order chi connectivity index (χ1) is 12.5. The summed E-state index contributed by atoms with van der Waals surface area (Å²) in [5.74, 6) is -3.02. The molecule has 6 N–H and O–H groups in total. The van der Waals surface area contributed by atoms with Gasteiger partial charge in [-0.2, -0.15) is 0 Å². The molecule has 0 aliphatic carbocycles. The number of rotatable bonds is 6. The van der Waals surface area contributed by atoms with Crippen molar-refractivity contribution < 1.29 is 32.6 Å². The number of anilines is 2. The number of carboxylic acids is 1. The molecule has 2 aromatic carbocycles. The molecule has 0 heterocycles. The monoisotopic (exact) mass is 393 g/mol. The number of ether oxygens (including phenoxy) is 1. The third-order valence-corrected chi connectivity index (χ3v) is 4.83. The number of nitrogens with two attached hydrogens (primary N) is 2. The Hall–Kier alpha value is -3.60. The molecular weight excluding hydrogens is 378 g/mol. The van der Waals surface area contributed by atoms with Crippen molar-refractivity contribution in [2.45, 2.75) is 4.90 Å². The number of nitrogen functional groups attached to an aromatic ring is 1. The van der Waals surface area contributed by atoms with Gasteiger partial charge in [0, 0.05) is 5.69 Å². The summed E-state index contributed by atoms with van der Waals surface area (Å²) in [4.78, 5) is 33.8. The van der Waals surface area contributed by atoms with E-state index in [1.807, 2.05) is 0 Å². The molecular formula is C16H15N3O7S. The number of methoxy groups -OCH3 is 1. The number of hydrogen-bond acceptors (Lipinski definition) is 7. The molecule has 10 nitrogen and oxygen atoms in total. The van der Waals surface area contributed by atoms with Gasteiger partial charge in [0.05, 0.1) is 34.4 Å². The molecule has 0 bridgehead atoms. The highest BCUT2D eigenvalue weighted by Crippen LogP contribution is 2.23. The van der Waals surface area contributed by atoms with E-state index in [9.17, 15) is 22.8 Å². The van der Waals surface area contributed by atoms with Crippen molar-refractivity contribution in [1.29, 1.82) is 0 Å². The number of aromatic carboxylic acids is 1. The van der Waals surface area contributed by atoms with Gasteiger partial charge in [0.1, 0.15) is 0 Å². The zero-order valence-electron chi connectivity index (χ0n) is 13.9. The zero-order valence-corrected chi connectivity index (χ0v) is 14.7. The van der Waals surface area contributed by atoms with E-state index >= 15 is 0 Å². The van der Waals surface area contributed by atoms with Crippen molar-refractivity contribution in [3.05, 3.63) is 53.1 Å². The Bertz CT molecular complexity index is 1050. The van der Waals surface area contributed by atoms with Gasteiger partial charge in [-0.1, -0.05) is 0 Å². The number of primary amides is 1. The average Bonchev–Trinajstić information content (AvgIpc) is 2.59.